The van der Waals surface area contributed by atoms with Gasteiger partial charge in [0.25, 0.3) is 0 Å². The Kier molecular flexibility index (Phi) is 9.57. The van der Waals surface area contributed by atoms with E-state index in [0.29, 0.717) is 36.7 Å². The number of benzene rings is 4. The lowest BCUT2D eigenvalue weighted by Crippen LogP contribution is -2.32. The van der Waals surface area contributed by atoms with Crippen LogP contribution in [0.5, 0.6) is 5.75 Å². The van der Waals surface area contributed by atoms with Gasteiger partial charge in [0, 0.05) is 18.4 Å². The third-order valence-corrected chi connectivity index (χ3v) is 7.04. The molecule has 0 radical (unpaired) electrons. The largest absolute Gasteiger partial charge is 0.489 e. The van der Waals surface area contributed by atoms with Crippen molar-refractivity contribution in [3.63, 3.8) is 0 Å². The number of aliphatic carboxylic acids is 1. The van der Waals surface area contributed by atoms with Gasteiger partial charge in [-0.2, -0.15) is 0 Å². The number of nitrogens with zero attached hydrogens (tertiary/aromatic N) is 2. The van der Waals surface area contributed by atoms with Gasteiger partial charge in [-0.15, -0.1) is 0 Å². The molecule has 1 atom stereocenters. The summed E-state index contributed by atoms with van der Waals surface area (Å²) >= 11 is 0. The van der Waals surface area contributed by atoms with Gasteiger partial charge in [-0.25, -0.2) is 14.8 Å². The van der Waals surface area contributed by atoms with Crippen LogP contribution >= 0.6 is 0 Å². The van der Waals surface area contributed by atoms with Crippen LogP contribution in [0, 0.1) is 0 Å². The lowest BCUT2D eigenvalue weighted by Gasteiger charge is -2.18. The fourth-order valence-electron chi connectivity index (χ4n) is 4.86. The number of carboxylic acid groups (broad SMARTS) is 1. The highest BCUT2D eigenvalue weighted by atomic mass is 16.5. The van der Waals surface area contributed by atoms with E-state index < -0.39 is 12.0 Å². The molecule has 6 nitrogen and oxygen atoms in total. The van der Waals surface area contributed by atoms with Crippen molar-refractivity contribution >= 4 is 11.8 Å². The summed E-state index contributed by atoms with van der Waals surface area (Å²) in [6.45, 7) is 2.63. The fraction of sp³-hybridized carbons (Fsp3) is 0.194. The summed E-state index contributed by atoms with van der Waals surface area (Å²) in [5.41, 5.74) is 6.66. The van der Waals surface area contributed by atoms with Gasteiger partial charge in [0.2, 0.25) is 0 Å². The molecule has 42 heavy (non-hydrogen) atoms. The van der Waals surface area contributed by atoms with E-state index in [2.05, 4.69) is 24.4 Å². The van der Waals surface area contributed by atoms with E-state index in [4.69, 9.17) is 14.7 Å². The summed E-state index contributed by atoms with van der Waals surface area (Å²) in [7, 11) is 0. The van der Waals surface area contributed by atoms with Gasteiger partial charge in [-0.1, -0.05) is 98.3 Å². The number of hydrogen-bond donors (Lipinski definition) is 2. The molecule has 0 fully saturated rings. The van der Waals surface area contributed by atoms with Gasteiger partial charge >= 0.3 is 5.97 Å². The molecule has 0 aliphatic rings. The van der Waals surface area contributed by atoms with Gasteiger partial charge < -0.3 is 15.2 Å². The van der Waals surface area contributed by atoms with Crippen LogP contribution in [0.2, 0.25) is 0 Å². The van der Waals surface area contributed by atoms with Crippen molar-refractivity contribution in [1.29, 1.82) is 0 Å². The van der Waals surface area contributed by atoms with Gasteiger partial charge in [-0.05, 0) is 52.9 Å². The Hall–Kier alpha value is -4.97. The maximum Gasteiger partial charge on any atom is 0.326 e. The van der Waals surface area contributed by atoms with Crippen LogP contribution in [0.1, 0.15) is 41.3 Å². The average Bonchev–Trinajstić information content (AvgIpc) is 3.02. The quantitative estimate of drug-likeness (QED) is 0.157. The van der Waals surface area contributed by atoms with Crippen molar-refractivity contribution in [3.05, 3.63) is 143 Å². The predicted molar refractivity (Wildman–Crippen MR) is 167 cm³/mol. The lowest BCUT2D eigenvalue weighted by atomic mass is 10.0. The minimum Gasteiger partial charge on any atom is -0.489 e. The van der Waals surface area contributed by atoms with Crippen molar-refractivity contribution in [3.8, 4) is 17.0 Å². The molecule has 1 heterocycles. The lowest BCUT2D eigenvalue weighted by molar-refractivity contribution is -0.137. The summed E-state index contributed by atoms with van der Waals surface area (Å²) in [4.78, 5) is 22.0. The minimum atomic E-state index is -0.932. The molecule has 6 heteroatoms. The number of carbonyl (C=O) groups is 1. The second-order valence-corrected chi connectivity index (χ2v) is 10.3. The van der Waals surface area contributed by atoms with E-state index in [1.54, 1.807) is 6.20 Å². The Morgan fingerprint density at radius 1 is 0.833 bits per heavy atom. The predicted octanol–water partition coefficient (Wildman–Crippen LogP) is 7.37. The summed E-state index contributed by atoms with van der Waals surface area (Å²) in [6, 6.07) is 35.1. The highest BCUT2D eigenvalue weighted by Gasteiger charge is 2.21. The molecule has 1 aromatic heterocycles. The van der Waals surface area contributed by atoms with Crippen LogP contribution in [0.25, 0.3) is 11.3 Å². The number of ether oxygens (including phenoxy) is 1. The van der Waals surface area contributed by atoms with Gasteiger partial charge in [0.15, 0.2) is 0 Å². The third kappa shape index (κ3) is 7.82. The number of aryl methyl sites for hydroxylation is 1. The smallest absolute Gasteiger partial charge is 0.326 e. The van der Waals surface area contributed by atoms with Crippen LogP contribution in [0.15, 0.2) is 115 Å². The standard InChI is InChI=1S/C36H35N3O3/c1-2-10-26-15-9-16-29(21-26)23-33(36(40)41)39-35-32(22-27-11-5-3-6-12-27)38-34(24-37-35)30-17-19-31(20-18-30)42-25-28-13-7-4-8-14-28/h3-9,11-21,24,33H,2,10,22-23,25H2,1H3,(H,37,39)(H,40,41). The zero-order valence-electron chi connectivity index (χ0n) is 23.7. The Morgan fingerprint density at radius 2 is 1.50 bits per heavy atom. The molecule has 4 aromatic carbocycles. The van der Waals surface area contributed by atoms with E-state index in [1.807, 2.05) is 97.1 Å². The maximum atomic E-state index is 12.3. The normalized spacial score (nSPS) is 11.5. The van der Waals surface area contributed by atoms with Gasteiger partial charge in [0.1, 0.15) is 24.2 Å². The van der Waals surface area contributed by atoms with E-state index in [0.717, 1.165) is 40.8 Å². The van der Waals surface area contributed by atoms with Crippen LogP contribution in [0.4, 0.5) is 5.82 Å². The minimum absolute atomic E-state index is 0.339. The maximum absolute atomic E-state index is 12.3. The first-order chi connectivity index (χ1) is 20.6. The van der Waals surface area contributed by atoms with E-state index in [-0.39, 0.29) is 0 Å². The average molecular weight is 558 g/mol. The molecule has 0 saturated heterocycles. The molecule has 212 valence electrons. The van der Waals surface area contributed by atoms with Crippen LogP contribution in [-0.4, -0.2) is 27.1 Å². The highest BCUT2D eigenvalue weighted by Crippen LogP contribution is 2.25. The molecule has 0 saturated carbocycles. The number of aromatic nitrogens is 2. The molecule has 0 aliphatic heterocycles. The molecule has 2 N–H and O–H groups in total. The molecular weight excluding hydrogens is 522 g/mol. The van der Waals surface area contributed by atoms with Crippen molar-refractivity contribution in [2.75, 3.05) is 5.32 Å². The number of hydrogen-bond acceptors (Lipinski definition) is 5. The van der Waals surface area contributed by atoms with Crippen LogP contribution in [0.3, 0.4) is 0 Å². The zero-order valence-corrected chi connectivity index (χ0v) is 23.7. The molecule has 5 aromatic rings. The molecule has 0 bridgehead atoms. The monoisotopic (exact) mass is 557 g/mol. The third-order valence-electron chi connectivity index (χ3n) is 7.04. The first-order valence-corrected chi connectivity index (χ1v) is 14.3. The molecular formula is C36H35N3O3. The first kappa shape index (κ1) is 28.6. The van der Waals surface area contributed by atoms with Crippen molar-refractivity contribution < 1.29 is 14.6 Å². The van der Waals surface area contributed by atoms with Crippen molar-refractivity contribution in [1.82, 2.24) is 9.97 Å². The van der Waals surface area contributed by atoms with Crippen molar-refractivity contribution in [2.45, 2.75) is 45.3 Å². The summed E-state index contributed by atoms with van der Waals surface area (Å²) in [5, 5.41) is 13.3. The second kappa shape index (κ2) is 14.1. The SMILES string of the molecule is CCCc1cccc(CC(Nc2ncc(-c3ccc(OCc4ccccc4)cc3)nc2Cc2ccccc2)C(=O)O)c1. The number of nitrogens with one attached hydrogen (secondary N) is 1. The summed E-state index contributed by atoms with van der Waals surface area (Å²) < 4.78 is 5.94. The van der Waals surface area contributed by atoms with Crippen molar-refractivity contribution in [2.24, 2.45) is 0 Å². The molecule has 1 unspecified atom stereocenters. The topological polar surface area (TPSA) is 84.3 Å². The first-order valence-electron chi connectivity index (χ1n) is 14.3. The fourth-order valence-corrected chi connectivity index (χ4v) is 4.86. The Bertz CT molecular complexity index is 1590. The number of anilines is 1. The van der Waals surface area contributed by atoms with E-state index >= 15 is 0 Å². The van der Waals surface area contributed by atoms with Gasteiger partial charge in [0.05, 0.1) is 17.6 Å². The van der Waals surface area contributed by atoms with E-state index in [9.17, 15) is 9.90 Å². The zero-order chi connectivity index (χ0) is 29.1. The highest BCUT2D eigenvalue weighted by molar-refractivity contribution is 5.77. The van der Waals surface area contributed by atoms with Crippen LogP contribution in [-0.2, 0) is 30.7 Å². The number of carboxylic acids is 1. The van der Waals surface area contributed by atoms with E-state index in [1.165, 1.54) is 5.56 Å². The molecule has 5 rings (SSSR count). The summed E-state index contributed by atoms with van der Waals surface area (Å²) in [5.74, 6) is 0.312. The summed E-state index contributed by atoms with van der Waals surface area (Å²) in [6.07, 6.45) is 4.55. The van der Waals surface area contributed by atoms with Crippen LogP contribution < -0.4 is 10.1 Å². The number of rotatable bonds is 13. The van der Waals surface area contributed by atoms with Gasteiger partial charge in [-0.3, -0.25) is 0 Å². The Labute approximate surface area is 247 Å². The molecule has 0 aliphatic carbocycles. The molecule has 0 amide bonds. The Balaban J connectivity index is 1.37. The molecule has 0 spiro atoms. The second-order valence-electron chi connectivity index (χ2n) is 10.3. The Morgan fingerprint density at radius 3 is 2.19 bits per heavy atom.